The molecule has 0 amide bonds. The molecule has 2 N–H and O–H groups in total. The first-order valence-electron chi connectivity index (χ1n) is 11.1. The van der Waals surface area contributed by atoms with E-state index in [2.05, 4.69) is 14.9 Å². The predicted octanol–water partition coefficient (Wildman–Crippen LogP) is 4.23. The standard InChI is InChI=1S/C24H27ClFN3O7S/c1-11-7-9-17(26)19(12(11)2)13(3)21(23-27-28-24(31)36-23)29-37(32,33)18-10-8-16(25)20(22(18)34-6)14(4)35-15(5)30/h7-10,13-14,21,29H,1-6H3,(H,28,31). The van der Waals surface area contributed by atoms with Crippen molar-refractivity contribution in [3.8, 4) is 5.75 Å². The number of benzene rings is 2. The smallest absolute Gasteiger partial charge is 0.434 e. The highest BCUT2D eigenvalue weighted by Gasteiger charge is 2.35. The van der Waals surface area contributed by atoms with Gasteiger partial charge in [-0.15, -0.1) is 5.10 Å². The minimum atomic E-state index is -4.44. The van der Waals surface area contributed by atoms with Crippen molar-refractivity contribution in [2.24, 2.45) is 0 Å². The molecule has 0 saturated heterocycles. The van der Waals surface area contributed by atoms with Crippen LogP contribution >= 0.6 is 11.6 Å². The maximum Gasteiger partial charge on any atom is 0.434 e. The summed E-state index contributed by atoms with van der Waals surface area (Å²) in [5.74, 6) is -3.37. The molecule has 0 saturated carbocycles. The number of sulfonamides is 1. The van der Waals surface area contributed by atoms with Gasteiger partial charge in [0.1, 0.15) is 28.6 Å². The number of nitrogens with one attached hydrogen (secondary N) is 2. The van der Waals surface area contributed by atoms with Crippen LogP contribution < -0.4 is 15.2 Å². The van der Waals surface area contributed by atoms with Crippen LogP contribution in [-0.4, -0.2) is 31.7 Å². The summed E-state index contributed by atoms with van der Waals surface area (Å²) in [6.07, 6.45) is -0.932. The van der Waals surface area contributed by atoms with Gasteiger partial charge in [0.25, 0.3) is 0 Å². The second-order valence-corrected chi connectivity index (χ2v) is 10.6. The van der Waals surface area contributed by atoms with E-state index in [-0.39, 0.29) is 32.7 Å². The van der Waals surface area contributed by atoms with Gasteiger partial charge in [0.15, 0.2) is 0 Å². The molecule has 0 aliphatic rings. The van der Waals surface area contributed by atoms with E-state index in [1.54, 1.807) is 26.8 Å². The maximum absolute atomic E-state index is 15.0. The molecule has 0 radical (unpaired) electrons. The fourth-order valence-electron chi connectivity index (χ4n) is 4.17. The van der Waals surface area contributed by atoms with Crippen molar-refractivity contribution in [2.75, 3.05) is 7.11 Å². The van der Waals surface area contributed by atoms with Gasteiger partial charge in [-0.1, -0.05) is 24.6 Å². The van der Waals surface area contributed by atoms with Gasteiger partial charge < -0.3 is 13.9 Å². The third kappa shape index (κ3) is 5.86. The van der Waals surface area contributed by atoms with Crippen LogP contribution in [0.15, 0.2) is 38.4 Å². The number of aromatic nitrogens is 2. The Bertz CT molecular complexity index is 1490. The lowest BCUT2D eigenvalue weighted by molar-refractivity contribution is -0.145. The summed E-state index contributed by atoms with van der Waals surface area (Å²) < 4.78 is 60.5. The minimum Gasteiger partial charge on any atom is -0.495 e. The number of hydrogen-bond donors (Lipinski definition) is 2. The summed E-state index contributed by atoms with van der Waals surface area (Å²) >= 11 is 6.30. The third-order valence-electron chi connectivity index (χ3n) is 6.04. The van der Waals surface area contributed by atoms with Gasteiger partial charge in [-0.25, -0.2) is 22.7 Å². The van der Waals surface area contributed by atoms with Crippen LogP contribution in [0.2, 0.25) is 5.02 Å². The van der Waals surface area contributed by atoms with Crippen molar-refractivity contribution in [2.45, 2.75) is 57.6 Å². The lowest BCUT2D eigenvalue weighted by Gasteiger charge is -2.26. The minimum absolute atomic E-state index is 0.116. The fraction of sp³-hybridized carbons (Fsp3) is 0.375. The van der Waals surface area contributed by atoms with E-state index in [4.69, 9.17) is 25.5 Å². The molecule has 200 valence electrons. The Hall–Kier alpha value is -3.22. The molecule has 2 aromatic carbocycles. The monoisotopic (exact) mass is 555 g/mol. The van der Waals surface area contributed by atoms with Crippen LogP contribution in [0.5, 0.6) is 5.75 Å². The van der Waals surface area contributed by atoms with Crippen molar-refractivity contribution in [3.63, 3.8) is 0 Å². The quantitative estimate of drug-likeness (QED) is 0.374. The van der Waals surface area contributed by atoms with E-state index in [1.165, 1.54) is 39.2 Å². The first-order valence-corrected chi connectivity index (χ1v) is 13.0. The Morgan fingerprint density at radius 1 is 1.19 bits per heavy atom. The summed E-state index contributed by atoms with van der Waals surface area (Å²) in [5.41, 5.74) is 1.76. The molecule has 0 aliphatic heterocycles. The lowest BCUT2D eigenvalue weighted by Crippen LogP contribution is -2.33. The van der Waals surface area contributed by atoms with Gasteiger partial charge in [0.2, 0.25) is 15.9 Å². The van der Waals surface area contributed by atoms with Gasteiger partial charge in [0.05, 0.1) is 17.7 Å². The average molecular weight is 556 g/mol. The van der Waals surface area contributed by atoms with Crippen LogP contribution in [0.4, 0.5) is 4.39 Å². The molecule has 0 bridgehead atoms. The highest BCUT2D eigenvalue weighted by Crippen LogP contribution is 2.40. The summed E-state index contributed by atoms with van der Waals surface area (Å²) in [6.45, 7) is 7.81. The van der Waals surface area contributed by atoms with E-state index < -0.39 is 45.6 Å². The molecule has 10 nitrogen and oxygen atoms in total. The van der Waals surface area contributed by atoms with Crippen LogP contribution in [0, 0.1) is 19.7 Å². The van der Waals surface area contributed by atoms with Crippen LogP contribution in [-0.2, 0) is 19.6 Å². The third-order valence-corrected chi connectivity index (χ3v) is 7.83. The van der Waals surface area contributed by atoms with Gasteiger partial charge in [0, 0.05) is 12.8 Å². The van der Waals surface area contributed by atoms with E-state index in [0.29, 0.717) is 5.56 Å². The average Bonchev–Trinajstić information content (AvgIpc) is 3.24. The van der Waals surface area contributed by atoms with Crippen molar-refractivity contribution >= 4 is 27.6 Å². The van der Waals surface area contributed by atoms with Gasteiger partial charge >= 0.3 is 11.7 Å². The first-order chi connectivity index (χ1) is 17.3. The summed E-state index contributed by atoms with van der Waals surface area (Å²) in [6, 6.07) is 4.14. The number of aryl methyl sites for hydroxylation is 1. The molecule has 0 spiro atoms. The molecular formula is C24H27ClFN3O7S. The second kappa shape index (κ2) is 11.0. The maximum atomic E-state index is 15.0. The number of rotatable bonds is 9. The number of hydrogen-bond acceptors (Lipinski definition) is 8. The zero-order valence-electron chi connectivity index (χ0n) is 21.0. The number of esters is 1. The molecule has 0 fully saturated rings. The fourth-order valence-corrected chi connectivity index (χ4v) is 5.92. The molecule has 3 aromatic rings. The molecule has 3 atom stereocenters. The molecule has 1 aromatic heterocycles. The van der Waals surface area contributed by atoms with Crippen LogP contribution in [0.1, 0.15) is 67.0 Å². The predicted molar refractivity (Wildman–Crippen MR) is 133 cm³/mol. The Morgan fingerprint density at radius 2 is 1.86 bits per heavy atom. The highest BCUT2D eigenvalue weighted by molar-refractivity contribution is 7.89. The number of nitrogens with zero attached hydrogens (tertiary/aromatic N) is 1. The lowest BCUT2D eigenvalue weighted by atomic mass is 9.88. The molecule has 13 heteroatoms. The van der Waals surface area contributed by atoms with E-state index in [1.807, 2.05) is 0 Å². The summed E-state index contributed by atoms with van der Waals surface area (Å²) in [4.78, 5) is 22.9. The number of carbonyl (C=O) groups excluding carboxylic acids is 1. The molecule has 0 aliphatic carbocycles. The number of carbonyl (C=O) groups is 1. The topological polar surface area (TPSA) is 141 Å². The Labute approximate surface area is 218 Å². The molecular weight excluding hydrogens is 529 g/mol. The number of halogens is 2. The number of methoxy groups -OCH3 is 1. The van der Waals surface area contributed by atoms with Crippen molar-refractivity contribution in [1.29, 1.82) is 0 Å². The molecule has 3 rings (SSSR count). The van der Waals surface area contributed by atoms with Crippen LogP contribution in [0.3, 0.4) is 0 Å². The zero-order valence-corrected chi connectivity index (χ0v) is 22.6. The Kier molecular flexibility index (Phi) is 8.45. The molecule has 1 heterocycles. The number of aromatic amines is 1. The molecule has 3 unspecified atom stereocenters. The summed E-state index contributed by atoms with van der Waals surface area (Å²) in [5, 5.41) is 6.01. The van der Waals surface area contributed by atoms with Gasteiger partial charge in [-0.3, -0.25) is 4.79 Å². The normalized spacial score (nSPS) is 14.2. The van der Waals surface area contributed by atoms with Crippen molar-refractivity contribution in [1.82, 2.24) is 14.9 Å². The number of H-pyrrole nitrogens is 1. The second-order valence-electron chi connectivity index (χ2n) is 8.49. The van der Waals surface area contributed by atoms with E-state index >= 15 is 0 Å². The van der Waals surface area contributed by atoms with E-state index in [0.717, 1.165) is 5.56 Å². The van der Waals surface area contributed by atoms with Crippen LogP contribution in [0.25, 0.3) is 0 Å². The highest BCUT2D eigenvalue weighted by atomic mass is 35.5. The van der Waals surface area contributed by atoms with Crippen molar-refractivity contribution in [3.05, 3.63) is 73.8 Å². The first kappa shape index (κ1) is 28.4. The largest absolute Gasteiger partial charge is 0.495 e. The molecule has 37 heavy (non-hydrogen) atoms. The number of ether oxygens (including phenoxy) is 2. The van der Waals surface area contributed by atoms with Gasteiger partial charge in [-0.05, 0) is 55.7 Å². The Balaban J connectivity index is 2.15. The summed E-state index contributed by atoms with van der Waals surface area (Å²) in [7, 11) is -3.20. The SMILES string of the molecule is COc1c(S(=O)(=O)NC(c2n[nH]c(=O)o2)C(C)c2c(F)ccc(C)c2C)ccc(Cl)c1C(C)OC(C)=O. The zero-order chi connectivity index (χ0) is 27.7. The van der Waals surface area contributed by atoms with E-state index in [9.17, 15) is 22.4 Å². The van der Waals surface area contributed by atoms with Crippen molar-refractivity contribution < 1.29 is 31.5 Å². The Morgan fingerprint density at radius 3 is 2.43 bits per heavy atom. The van der Waals surface area contributed by atoms with Gasteiger partial charge in [-0.2, -0.15) is 4.72 Å².